The van der Waals surface area contributed by atoms with Crippen LogP contribution in [0, 0.1) is 17.8 Å². The van der Waals surface area contributed by atoms with Gasteiger partial charge in [0.15, 0.2) is 0 Å². The summed E-state index contributed by atoms with van der Waals surface area (Å²) in [5, 5.41) is 0. The smallest absolute Gasteiger partial charge is 0.248 e. The van der Waals surface area contributed by atoms with Crippen molar-refractivity contribution in [2.75, 3.05) is 6.61 Å². The van der Waals surface area contributed by atoms with Crippen molar-refractivity contribution in [2.24, 2.45) is 17.8 Å². The van der Waals surface area contributed by atoms with Gasteiger partial charge in [0.1, 0.15) is 23.0 Å². The fourth-order valence-corrected chi connectivity index (χ4v) is 3.60. The summed E-state index contributed by atoms with van der Waals surface area (Å²) in [5.41, 5.74) is 0. The Morgan fingerprint density at radius 2 is 1.25 bits per heavy atom. The maximum absolute atomic E-state index is 11.0. The highest BCUT2D eigenvalue weighted by Gasteiger charge is 2.09. The highest BCUT2D eigenvalue weighted by Crippen LogP contribution is 2.21. The predicted molar refractivity (Wildman–Crippen MR) is 109 cm³/mol. The fraction of sp³-hybridized carbons (Fsp3) is 1.00. The van der Waals surface area contributed by atoms with Gasteiger partial charge in [-0.2, -0.15) is 10.9 Å². The lowest BCUT2D eigenvalue weighted by molar-refractivity contribution is 0.277. The van der Waals surface area contributed by atoms with E-state index in [1.165, 1.54) is 68.0 Å². The van der Waals surface area contributed by atoms with Crippen LogP contribution in [0.15, 0.2) is 0 Å². The maximum Gasteiger partial charge on any atom is 0.409 e. The third kappa shape index (κ3) is 16.1. The first-order valence-electron chi connectivity index (χ1n) is 9.46. The van der Waals surface area contributed by atoms with E-state index in [9.17, 15) is 8.42 Å². The molecule has 0 saturated heterocycles. The van der Waals surface area contributed by atoms with Gasteiger partial charge < -0.3 is 0 Å². The second-order valence-corrected chi connectivity index (χ2v) is 9.87. The summed E-state index contributed by atoms with van der Waals surface area (Å²) in [6.45, 7) is 9.53. The molecule has 0 aliphatic heterocycles. The van der Waals surface area contributed by atoms with Crippen LogP contribution in [0.1, 0.15) is 91.9 Å². The van der Waals surface area contributed by atoms with Crippen LogP contribution in [0.2, 0.25) is 0 Å². The van der Waals surface area contributed by atoms with Crippen LogP contribution < -0.4 is 0 Å². The van der Waals surface area contributed by atoms with Crippen LogP contribution in [0.3, 0.4) is 0 Å². The van der Waals surface area contributed by atoms with Crippen LogP contribution in [-0.2, 0) is 17.1 Å². The Hall–Kier alpha value is 0.600. The lowest BCUT2D eigenvalue weighted by atomic mass is 9.92. The molecule has 2 unspecified atom stereocenters. The number of hydrogen-bond acceptors (Lipinski definition) is 4. The van der Waals surface area contributed by atoms with Crippen LogP contribution in [0.4, 0.5) is 0 Å². The van der Waals surface area contributed by atoms with Crippen molar-refractivity contribution in [1.29, 1.82) is 0 Å². The van der Waals surface area contributed by atoms with E-state index in [-0.39, 0.29) is 6.61 Å². The number of unbranched alkanes of at least 4 members (excludes halogenated alkanes) is 2. The first-order valence-corrected chi connectivity index (χ1v) is 11.7. The molecule has 2 atom stereocenters. The van der Waals surface area contributed by atoms with Crippen LogP contribution in [0.25, 0.3) is 0 Å². The zero-order valence-electron chi connectivity index (χ0n) is 15.9. The molecule has 0 aromatic carbocycles. The molecule has 0 amide bonds. The Bertz CT molecular complexity index is 384. The van der Waals surface area contributed by atoms with E-state index in [2.05, 4.69) is 34.4 Å². The largest absolute Gasteiger partial charge is 0.409 e. The molecule has 146 valence electrons. The maximum atomic E-state index is 11.0. The van der Waals surface area contributed by atoms with Gasteiger partial charge in [-0.3, -0.25) is 0 Å². The molecule has 6 heteroatoms. The molecule has 0 aliphatic carbocycles. The van der Waals surface area contributed by atoms with Gasteiger partial charge in [-0.1, -0.05) is 85.5 Å². The van der Waals surface area contributed by atoms with E-state index in [1.807, 2.05) is 0 Å². The van der Waals surface area contributed by atoms with E-state index in [4.69, 9.17) is 0 Å². The van der Waals surface area contributed by atoms with Gasteiger partial charge in [0.25, 0.3) is 0 Å². The van der Waals surface area contributed by atoms with E-state index in [0.29, 0.717) is 0 Å². The van der Waals surface area contributed by atoms with Crippen molar-refractivity contribution >= 4 is 33.4 Å². The molecule has 0 saturated carbocycles. The minimum Gasteiger partial charge on any atom is -0.248 e. The summed E-state index contributed by atoms with van der Waals surface area (Å²) < 4.78 is 30.8. The SMILES string of the molecule is CC(C)CCCC(C)CCCC(C)CCCCCOS(=O)(=O)OI. The third-order valence-electron chi connectivity index (χ3n) is 4.52. The average molecular weight is 476 g/mol. The Labute approximate surface area is 164 Å². The van der Waals surface area contributed by atoms with Crippen LogP contribution in [0.5, 0.6) is 0 Å². The number of hydrogen-bond donors (Lipinski definition) is 0. The monoisotopic (exact) mass is 476 g/mol. The number of halogens is 1. The van der Waals surface area contributed by atoms with E-state index in [0.717, 1.165) is 37.0 Å². The second-order valence-electron chi connectivity index (χ2n) is 7.61. The molecule has 0 heterocycles. The molecular formula is C18H37IO4S. The zero-order chi connectivity index (χ0) is 18.4. The lowest BCUT2D eigenvalue weighted by Gasteiger charge is -2.15. The van der Waals surface area contributed by atoms with Gasteiger partial charge in [-0.25, -0.2) is 4.18 Å². The van der Waals surface area contributed by atoms with E-state index in [1.54, 1.807) is 0 Å². The zero-order valence-corrected chi connectivity index (χ0v) is 18.9. The molecule has 24 heavy (non-hydrogen) atoms. The number of rotatable bonds is 16. The minimum absolute atomic E-state index is 0.216. The van der Waals surface area contributed by atoms with Gasteiger partial charge >= 0.3 is 10.4 Å². The molecule has 0 bridgehead atoms. The van der Waals surface area contributed by atoms with Crippen LogP contribution >= 0.6 is 23.0 Å². The van der Waals surface area contributed by atoms with Crippen LogP contribution in [-0.4, -0.2) is 15.0 Å². The van der Waals surface area contributed by atoms with Crippen molar-refractivity contribution in [1.82, 2.24) is 0 Å². The highest BCUT2D eigenvalue weighted by molar-refractivity contribution is 14.1. The van der Waals surface area contributed by atoms with Crippen molar-refractivity contribution < 1.29 is 15.1 Å². The molecule has 0 N–H and O–H groups in total. The molecule has 0 aliphatic rings. The molecule has 0 aromatic heterocycles. The molecular weight excluding hydrogens is 439 g/mol. The molecule has 0 rings (SSSR count). The Kier molecular flexibility index (Phi) is 15.1. The van der Waals surface area contributed by atoms with Gasteiger partial charge in [-0.05, 0) is 24.2 Å². The molecule has 0 aromatic rings. The predicted octanol–water partition coefficient (Wildman–Crippen LogP) is 6.44. The van der Waals surface area contributed by atoms with Crippen molar-refractivity contribution in [3.05, 3.63) is 0 Å². The molecule has 0 radical (unpaired) electrons. The fourth-order valence-electron chi connectivity index (χ4n) is 2.93. The summed E-state index contributed by atoms with van der Waals surface area (Å²) in [7, 11) is -3.77. The third-order valence-corrected chi connectivity index (χ3v) is 6.45. The summed E-state index contributed by atoms with van der Waals surface area (Å²) in [5.74, 6) is 2.45. The Morgan fingerprint density at radius 3 is 1.75 bits per heavy atom. The molecule has 4 nitrogen and oxygen atoms in total. The summed E-state index contributed by atoms with van der Waals surface area (Å²) >= 11 is 1.32. The van der Waals surface area contributed by atoms with E-state index < -0.39 is 10.4 Å². The topological polar surface area (TPSA) is 52.6 Å². The van der Waals surface area contributed by atoms with Gasteiger partial charge in [0.2, 0.25) is 0 Å². The van der Waals surface area contributed by atoms with Crippen molar-refractivity contribution in [3.63, 3.8) is 0 Å². The van der Waals surface area contributed by atoms with Gasteiger partial charge in [0, 0.05) is 0 Å². The van der Waals surface area contributed by atoms with E-state index >= 15 is 0 Å². The Balaban J connectivity index is 3.48. The minimum atomic E-state index is -3.77. The van der Waals surface area contributed by atoms with Gasteiger partial charge in [0.05, 0.1) is 6.61 Å². The average Bonchev–Trinajstić information content (AvgIpc) is 2.50. The van der Waals surface area contributed by atoms with Gasteiger partial charge in [-0.15, -0.1) is 0 Å². The van der Waals surface area contributed by atoms with Crippen molar-refractivity contribution in [3.8, 4) is 0 Å². The Morgan fingerprint density at radius 1 is 0.750 bits per heavy atom. The highest BCUT2D eigenvalue weighted by atomic mass is 127. The second kappa shape index (κ2) is 14.7. The lowest BCUT2D eigenvalue weighted by Crippen LogP contribution is -2.06. The summed E-state index contributed by atoms with van der Waals surface area (Å²) in [6, 6.07) is 0. The quantitative estimate of drug-likeness (QED) is 0.190. The summed E-state index contributed by atoms with van der Waals surface area (Å²) in [4.78, 5) is 0. The normalized spacial score (nSPS) is 14.9. The molecule has 0 spiro atoms. The first kappa shape index (κ1) is 24.6. The molecule has 0 fully saturated rings. The summed E-state index contributed by atoms with van der Waals surface area (Å²) in [6.07, 6.45) is 12.2. The first-order chi connectivity index (χ1) is 11.3. The van der Waals surface area contributed by atoms with Crippen molar-refractivity contribution in [2.45, 2.75) is 91.9 Å². The standard InChI is InChI=1S/C18H37IO4S/c1-16(2)10-8-12-18(4)14-9-13-17(3)11-6-5-7-15-22-24(20,21)23-19/h16-18H,5-15H2,1-4H3.